The minimum absolute atomic E-state index is 0.183. The molecule has 0 amide bonds. The van der Waals surface area contributed by atoms with Gasteiger partial charge in [-0.15, -0.1) is 30.8 Å². The predicted molar refractivity (Wildman–Crippen MR) is 171 cm³/mol. The summed E-state index contributed by atoms with van der Waals surface area (Å²) in [6.07, 6.45) is 12.7. The first-order chi connectivity index (χ1) is 19.9. The highest BCUT2D eigenvalue weighted by Gasteiger charge is 2.21. The molecule has 0 bridgehead atoms. The number of alkyl halides is 1. The third kappa shape index (κ3) is 8.03. The van der Waals surface area contributed by atoms with Gasteiger partial charge in [-0.1, -0.05) is 42.5 Å². The van der Waals surface area contributed by atoms with E-state index in [-0.39, 0.29) is 11.4 Å². The Bertz CT molecular complexity index is 1590. The Hall–Kier alpha value is -3.52. The fraction of sp³-hybridized carbons (Fsp3) is 0.242. The van der Waals surface area contributed by atoms with Crippen LogP contribution < -0.4 is 5.56 Å². The molecule has 1 saturated heterocycles. The molecule has 8 heteroatoms. The number of allylic oxidation sites excluding steroid dienone is 4. The zero-order valence-corrected chi connectivity index (χ0v) is 24.7. The van der Waals surface area contributed by atoms with Gasteiger partial charge in [-0.05, 0) is 86.8 Å². The largest absolute Gasteiger partial charge is 0.297 e. The van der Waals surface area contributed by atoms with Gasteiger partial charge in [0.1, 0.15) is 12.1 Å². The molecule has 212 valence electrons. The fourth-order valence-electron chi connectivity index (χ4n) is 4.80. The summed E-state index contributed by atoms with van der Waals surface area (Å²) in [5.41, 5.74) is 4.18. The van der Waals surface area contributed by atoms with Gasteiger partial charge in [-0.3, -0.25) is 19.2 Å². The van der Waals surface area contributed by atoms with Crippen molar-refractivity contribution in [3.8, 4) is 5.69 Å². The second-order valence-corrected chi connectivity index (χ2v) is 10.5. The van der Waals surface area contributed by atoms with E-state index in [2.05, 4.69) is 41.2 Å². The Morgan fingerprint density at radius 2 is 1.83 bits per heavy atom. The highest BCUT2D eigenvalue weighted by Crippen LogP contribution is 2.29. The zero-order valence-electron chi connectivity index (χ0n) is 23.1. The van der Waals surface area contributed by atoms with Crippen molar-refractivity contribution >= 4 is 41.2 Å². The molecule has 41 heavy (non-hydrogen) atoms. The molecule has 0 atom stereocenters. The lowest BCUT2D eigenvalue weighted by Gasteiger charge is -2.32. The number of hydrogen-bond donors (Lipinski definition) is 1. The third-order valence-electron chi connectivity index (χ3n) is 6.97. The maximum atomic E-state index is 13.2. The van der Waals surface area contributed by atoms with Gasteiger partial charge in [0.2, 0.25) is 0 Å². The van der Waals surface area contributed by atoms with E-state index >= 15 is 0 Å². The third-order valence-corrected chi connectivity index (χ3v) is 7.60. The van der Waals surface area contributed by atoms with E-state index < -0.39 is 0 Å². The van der Waals surface area contributed by atoms with Crippen LogP contribution in [0.2, 0.25) is 0 Å². The molecule has 0 aliphatic carbocycles. The van der Waals surface area contributed by atoms with Crippen LogP contribution in [-0.4, -0.2) is 38.4 Å². The van der Waals surface area contributed by atoms with Gasteiger partial charge in [0.25, 0.3) is 5.56 Å². The number of nitrogens with zero attached hydrogens (tertiary/aromatic N) is 4. The molecule has 0 N–H and O–H groups in total. The summed E-state index contributed by atoms with van der Waals surface area (Å²) in [5, 5.41) is 0.959. The van der Waals surface area contributed by atoms with Crippen LogP contribution in [-0.2, 0) is 6.54 Å². The van der Waals surface area contributed by atoms with Crippen LogP contribution in [0, 0.1) is 5.82 Å². The summed E-state index contributed by atoms with van der Waals surface area (Å²) >= 11 is 9.48. The van der Waals surface area contributed by atoms with Gasteiger partial charge in [0.15, 0.2) is 0 Å². The van der Waals surface area contributed by atoms with E-state index in [0.717, 1.165) is 54.8 Å². The van der Waals surface area contributed by atoms with Crippen LogP contribution >= 0.6 is 24.2 Å². The van der Waals surface area contributed by atoms with Crippen molar-refractivity contribution in [1.82, 2.24) is 19.4 Å². The smallest absolute Gasteiger partial charge is 0.271 e. The lowest BCUT2D eigenvalue weighted by atomic mass is 9.89. The molecule has 2 aromatic carbocycles. The normalized spacial score (nSPS) is 14.4. The number of rotatable bonds is 7. The first-order valence-electron chi connectivity index (χ1n) is 13.6. The Morgan fingerprint density at radius 1 is 1.10 bits per heavy atom. The highest BCUT2D eigenvalue weighted by atomic mass is 35.5. The van der Waals surface area contributed by atoms with Crippen LogP contribution in [0.5, 0.6) is 0 Å². The van der Waals surface area contributed by atoms with Gasteiger partial charge >= 0.3 is 0 Å². The van der Waals surface area contributed by atoms with Crippen molar-refractivity contribution in [3.05, 3.63) is 125 Å². The van der Waals surface area contributed by atoms with E-state index in [4.69, 9.17) is 16.6 Å². The molecule has 0 radical (unpaired) electrons. The second-order valence-electron chi connectivity index (χ2n) is 9.76. The molecular formula is C33H34ClFN4OS. The molecule has 1 fully saturated rings. The van der Waals surface area contributed by atoms with Gasteiger partial charge in [-0.2, -0.15) is 0 Å². The maximum absolute atomic E-state index is 13.2. The van der Waals surface area contributed by atoms with Gasteiger partial charge in [0.05, 0.1) is 27.5 Å². The molecule has 4 aromatic rings. The van der Waals surface area contributed by atoms with Crippen molar-refractivity contribution in [2.24, 2.45) is 0 Å². The quantitative estimate of drug-likeness (QED) is 0.105. The number of pyridine rings is 1. The molecule has 5 nitrogen and oxygen atoms in total. The Morgan fingerprint density at radius 3 is 2.51 bits per heavy atom. The number of halogens is 2. The molecule has 0 unspecified atom stereocenters. The average molecular weight is 589 g/mol. The topological polar surface area (TPSA) is 51.0 Å². The molecule has 3 heterocycles. The van der Waals surface area contributed by atoms with Crippen molar-refractivity contribution in [2.75, 3.05) is 19.0 Å². The standard InChI is InChI=1S/C30H29FN4OS.C3H5Cl/c1-2-3-4-5-28-29(37)30(36)35(20-32-28)26-12-13-27-23(18-26)8-11-25(33-27)19-34-16-14-22(15-17-34)21-6-9-24(31)10-7-21;1-2-3-4/h2-13,18,20,22,37H,14-17,19H2,1H3;2H,1,3H2/b3-2+,5-4+;. The van der Waals surface area contributed by atoms with E-state index in [1.54, 1.807) is 24.3 Å². The average Bonchev–Trinajstić information content (AvgIpc) is 3.00. The lowest BCUT2D eigenvalue weighted by molar-refractivity contribution is 0.202. The first kappa shape index (κ1) is 30.4. The predicted octanol–water partition coefficient (Wildman–Crippen LogP) is 7.59. The molecule has 0 spiro atoms. The number of hydrogen-bond acceptors (Lipinski definition) is 5. The van der Waals surface area contributed by atoms with Crippen molar-refractivity contribution < 1.29 is 4.39 Å². The van der Waals surface area contributed by atoms with E-state index in [9.17, 15) is 9.18 Å². The van der Waals surface area contributed by atoms with Crippen molar-refractivity contribution in [2.45, 2.75) is 37.1 Å². The van der Waals surface area contributed by atoms with Crippen LogP contribution in [0.1, 0.15) is 42.6 Å². The summed E-state index contributed by atoms with van der Waals surface area (Å²) in [5.74, 6) is 0.852. The molecule has 2 aromatic heterocycles. The molecule has 5 rings (SSSR count). The van der Waals surface area contributed by atoms with Crippen LogP contribution in [0.3, 0.4) is 0 Å². The Balaban J connectivity index is 0.000000909. The number of aromatic nitrogens is 3. The number of fused-ring (bicyclic) bond motifs is 1. The first-order valence-corrected chi connectivity index (χ1v) is 14.6. The van der Waals surface area contributed by atoms with Gasteiger partial charge in [0, 0.05) is 17.8 Å². The van der Waals surface area contributed by atoms with Crippen molar-refractivity contribution in [3.63, 3.8) is 0 Å². The van der Waals surface area contributed by atoms with E-state index in [0.29, 0.717) is 22.4 Å². The Labute approximate surface area is 251 Å². The minimum atomic E-state index is -0.216. The van der Waals surface area contributed by atoms with Crippen LogP contribution in [0.4, 0.5) is 4.39 Å². The van der Waals surface area contributed by atoms with Crippen molar-refractivity contribution in [1.29, 1.82) is 0 Å². The monoisotopic (exact) mass is 588 g/mol. The molecule has 1 aliphatic heterocycles. The van der Waals surface area contributed by atoms with Gasteiger partial charge in [-0.25, -0.2) is 9.37 Å². The summed E-state index contributed by atoms with van der Waals surface area (Å²) in [4.78, 5) is 24.9. The molecular weight excluding hydrogens is 555 g/mol. The SMILES string of the molecule is C/C=C/C=C/c1ncn(-c2ccc3nc(CN4CCC(c5ccc(F)cc5)CC4)ccc3c2)c(=O)c1S.C=CCCl. The zero-order chi connectivity index (χ0) is 29.2. The number of benzene rings is 2. The van der Waals surface area contributed by atoms with E-state index in [1.807, 2.05) is 55.5 Å². The maximum Gasteiger partial charge on any atom is 0.271 e. The lowest BCUT2D eigenvalue weighted by Crippen LogP contribution is -2.32. The fourth-order valence-corrected chi connectivity index (χ4v) is 5.04. The summed E-state index contributed by atoms with van der Waals surface area (Å²) in [6, 6.07) is 16.8. The number of likely N-dealkylation sites (tertiary alicyclic amines) is 1. The second kappa shape index (κ2) is 14.9. The van der Waals surface area contributed by atoms with E-state index in [1.165, 1.54) is 16.5 Å². The van der Waals surface area contributed by atoms with Crippen LogP contribution in [0.25, 0.3) is 22.7 Å². The highest BCUT2D eigenvalue weighted by molar-refractivity contribution is 7.80. The summed E-state index contributed by atoms with van der Waals surface area (Å²) in [7, 11) is 0. The minimum Gasteiger partial charge on any atom is -0.297 e. The summed E-state index contributed by atoms with van der Waals surface area (Å²) in [6.45, 7) is 8.04. The molecule has 1 aliphatic rings. The van der Waals surface area contributed by atoms with Gasteiger partial charge < -0.3 is 0 Å². The Kier molecular flexibility index (Phi) is 11.1. The molecule has 0 saturated carbocycles. The van der Waals surface area contributed by atoms with Crippen LogP contribution in [0.15, 0.2) is 101 Å². The summed E-state index contributed by atoms with van der Waals surface area (Å²) < 4.78 is 14.7. The number of piperidine rings is 1. The number of thiol groups is 1.